The summed E-state index contributed by atoms with van der Waals surface area (Å²) in [6, 6.07) is 3.89. The van der Waals surface area contributed by atoms with Crippen molar-refractivity contribution in [3.05, 3.63) is 23.8 Å². The molecule has 0 heterocycles. The van der Waals surface area contributed by atoms with Crippen molar-refractivity contribution in [1.29, 1.82) is 0 Å². The molecule has 0 saturated heterocycles. The van der Waals surface area contributed by atoms with Gasteiger partial charge in [0.1, 0.15) is 10.6 Å². The average Bonchev–Trinajstić information content (AvgIpc) is 3.28. The molecule has 21 heavy (non-hydrogen) atoms. The Bertz CT molecular complexity index is 637. The molecule has 0 unspecified atom stereocenters. The fourth-order valence-electron chi connectivity index (χ4n) is 2.22. The summed E-state index contributed by atoms with van der Waals surface area (Å²) >= 11 is 0. The summed E-state index contributed by atoms with van der Waals surface area (Å²) in [7, 11) is -2.34. The van der Waals surface area contributed by atoms with Crippen LogP contribution in [0.25, 0.3) is 0 Å². The molecule has 0 aliphatic heterocycles. The van der Waals surface area contributed by atoms with Gasteiger partial charge in [0.2, 0.25) is 10.0 Å². The van der Waals surface area contributed by atoms with E-state index in [1.807, 2.05) is 6.92 Å². The third-order valence-electron chi connectivity index (χ3n) is 3.40. The number of rotatable bonds is 7. The molecule has 6 nitrogen and oxygen atoms in total. The molecule has 1 fully saturated rings. The van der Waals surface area contributed by atoms with E-state index in [1.165, 1.54) is 29.6 Å². The molecular weight excluding hydrogens is 294 g/mol. The molecule has 0 spiro atoms. The van der Waals surface area contributed by atoms with Crippen molar-refractivity contribution < 1.29 is 23.1 Å². The molecule has 1 aromatic carbocycles. The standard InChI is InChI=1S/C14H19NO5S/c1-3-8-15(11-5-6-11)21(18,19)13-7-4-10(14(16)17)9-12(13)20-2/h4,7,9,11H,3,5-6,8H2,1-2H3,(H,16,17). The Balaban J connectivity index is 2.45. The van der Waals surface area contributed by atoms with E-state index in [0.717, 1.165) is 19.3 Å². The van der Waals surface area contributed by atoms with E-state index in [1.54, 1.807) is 0 Å². The lowest BCUT2D eigenvalue weighted by Crippen LogP contribution is -2.34. The van der Waals surface area contributed by atoms with E-state index >= 15 is 0 Å². The summed E-state index contributed by atoms with van der Waals surface area (Å²) in [4.78, 5) is 11.0. The molecule has 0 amide bonds. The highest BCUT2D eigenvalue weighted by Gasteiger charge is 2.38. The Morgan fingerprint density at radius 1 is 1.43 bits per heavy atom. The summed E-state index contributed by atoms with van der Waals surface area (Å²) in [5, 5.41) is 8.97. The maximum atomic E-state index is 12.8. The molecule has 0 bridgehead atoms. The highest BCUT2D eigenvalue weighted by atomic mass is 32.2. The molecule has 1 aliphatic carbocycles. The lowest BCUT2D eigenvalue weighted by atomic mass is 10.2. The normalized spacial score (nSPS) is 15.2. The van der Waals surface area contributed by atoms with Crippen molar-refractivity contribution in [3.8, 4) is 5.75 Å². The van der Waals surface area contributed by atoms with Gasteiger partial charge in [-0.3, -0.25) is 0 Å². The van der Waals surface area contributed by atoms with Crippen molar-refractivity contribution in [2.75, 3.05) is 13.7 Å². The topological polar surface area (TPSA) is 83.9 Å². The second kappa shape index (κ2) is 6.03. The number of sulfonamides is 1. The number of aromatic carboxylic acids is 1. The Labute approximate surface area is 124 Å². The highest BCUT2D eigenvalue weighted by Crippen LogP contribution is 2.35. The third kappa shape index (κ3) is 3.19. The minimum absolute atomic E-state index is 0.000682. The second-order valence-corrected chi connectivity index (χ2v) is 6.88. The smallest absolute Gasteiger partial charge is 0.335 e. The van der Waals surface area contributed by atoms with Crippen molar-refractivity contribution in [2.45, 2.75) is 37.1 Å². The fraction of sp³-hybridized carbons (Fsp3) is 0.500. The number of carboxylic acid groups (broad SMARTS) is 1. The van der Waals surface area contributed by atoms with E-state index in [9.17, 15) is 13.2 Å². The summed E-state index contributed by atoms with van der Waals surface area (Å²) in [6.45, 7) is 2.38. The molecule has 7 heteroatoms. The maximum absolute atomic E-state index is 12.8. The first-order chi connectivity index (χ1) is 9.91. The number of hydrogen-bond donors (Lipinski definition) is 1. The first-order valence-electron chi connectivity index (χ1n) is 6.85. The van der Waals surface area contributed by atoms with Crippen LogP contribution < -0.4 is 4.74 Å². The zero-order valence-electron chi connectivity index (χ0n) is 12.1. The lowest BCUT2D eigenvalue weighted by Gasteiger charge is -2.22. The SMILES string of the molecule is CCCN(C1CC1)S(=O)(=O)c1ccc(C(=O)O)cc1OC. The summed E-state index contributed by atoms with van der Waals surface area (Å²) in [6.07, 6.45) is 2.47. The van der Waals surface area contributed by atoms with Crippen LogP contribution in [0.1, 0.15) is 36.5 Å². The van der Waals surface area contributed by atoms with Crippen LogP contribution >= 0.6 is 0 Å². The number of nitrogens with zero attached hydrogens (tertiary/aromatic N) is 1. The minimum atomic E-state index is -3.67. The Morgan fingerprint density at radius 3 is 2.57 bits per heavy atom. The van der Waals surface area contributed by atoms with Crippen molar-refractivity contribution in [3.63, 3.8) is 0 Å². The first-order valence-corrected chi connectivity index (χ1v) is 8.29. The number of carboxylic acids is 1. The van der Waals surface area contributed by atoms with E-state index in [-0.39, 0.29) is 22.3 Å². The number of ether oxygens (including phenoxy) is 1. The summed E-state index contributed by atoms with van der Waals surface area (Å²) in [5.74, 6) is -1.05. The average molecular weight is 313 g/mol. The van der Waals surface area contributed by atoms with Crippen molar-refractivity contribution in [2.24, 2.45) is 0 Å². The molecule has 0 aromatic heterocycles. The summed E-state index contributed by atoms with van der Waals surface area (Å²) in [5.41, 5.74) is -0.000682. The number of benzene rings is 1. The van der Waals surface area contributed by atoms with Gasteiger partial charge in [-0.05, 0) is 37.5 Å². The van der Waals surface area contributed by atoms with Gasteiger partial charge in [-0.25, -0.2) is 13.2 Å². The fourth-order valence-corrected chi connectivity index (χ4v) is 4.14. The van der Waals surface area contributed by atoms with Crippen LogP contribution in [0.3, 0.4) is 0 Å². The van der Waals surface area contributed by atoms with Crippen LogP contribution in [0, 0.1) is 0 Å². The molecule has 0 radical (unpaired) electrons. The van der Waals surface area contributed by atoms with Gasteiger partial charge in [0.15, 0.2) is 0 Å². The lowest BCUT2D eigenvalue weighted by molar-refractivity contribution is 0.0696. The quantitative estimate of drug-likeness (QED) is 0.832. The Hall–Kier alpha value is -1.60. The molecular formula is C14H19NO5S. The van der Waals surface area contributed by atoms with E-state index in [4.69, 9.17) is 9.84 Å². The molecule has 1 N–H and O–H groups in total. The van der Waals surface area contributed by atoms with Crippen LogP contribution in [0.4, 0.5) is 0 Å². The third-order valence-corrected chi connectivity index (χ3v) is 5.39. The molecule has 1 saturated carbocycles. The maximum Gasteiger partial charge on any atom is 0.335 e. The largest absolute Gasteiger partial charge is 0.495 e. The Kier molecular flexibility index (Phi) is 4.53. The highest BCUT2D eigenvalue weighted by molar-refractivity contribution is 7.89. The van der Waals surface area contributed by atoms with Gasteiger partial charge in [-0.15, -0.1) is 0 Å². The van der Waals surface area contributed by atoms with Crippen LogP contribution in [0.15, 0.2) is 23.1 Å². The number of carbonyl (C=O) groups is 1. The number of methoxy groups -OCH3 is 1. The molecule has 116 valence electrons. The molecule has 1 aliphatic rings. The van der Waals surface area contributed by atoms with Gasteiger partial charge in [0.25, 0.3) is 0 Å². The zero-order chi connectivity index (χ0) is 15.6. The van der Waals surface area contributed by atoms with Crippen LogP contribution in [0.2, 0.25) is 0 Å². The van der Waals surface area contributed by atoms with Gasteiger partial charge >= 0.3 is 5.97 Å². The predicted octanol–water partition coefficient (Wildman–Crippen LogP) is 1.96. The van der Waals surface area contributed by atoms with Crippen LogP contribution in [-0.2, 0) is 10.0 Å². The Morgan fingerprint density at radius 2 is 2.10 bits per heavy atom. The summed E-state index contributed by atoms with van der Waals surface area (Å²) < 4.78 is 32.1. The van der Waals surface area contributed by atoms with Gasteiger partial charge < -0.3 is 9.84 Å². The number of hydrogen-bond acceptors (Lipinski definition) is 4. The van der Waals surface area contributed by atoms with E-state index < -0.39 is 16.0 Å². The van der Waals surface area contributed by atoms with Gasteiger partial charge in [0.05, 0.1) is 12.7 Å². The molecule has 2 rings (SSSR count). The van der Waals surface area contributed by atoms with Crippen molar-refractivity contribution >= 4 is 16.0 Å². The zero-order valence-corrected chi connectivity index (χ0v) is 12.9. The van der Waals surface area contributed by atoms with E-state index in [0.29, 0.717) is 6.54 Å². The molecule has 1 aromatic rings. The minimum Gasteiger partial charge on any atom is -0.495 e. The van der Waals surface area contributed by atoms with Gasteiger partial charge in [-0.1, -0.05) is 6.92 Å². The van der Waals surface area contributed by atoms with Crippen LogP contribution in [-0.4, -0.2) is 43.5 Å². The predicted molar refractivity (Wildman–Crippen MR) is 77.2 cm³/mol. The van der Waals surface area contributed by atoms with E-state index in [2.05, 4.69) is 0 Å². The monoisotopic (exact) mass is 313 g/mol. The molecule has 0 atom stereocenters. The van der Waals surface area contributed by atoms with Crippen LogP contribution in [0.5, 0.6) is 5.75 Å². The first kappa shape index (κ1) is 15.8. The van der Waals surface area contributed by atoms with Gasteiger partial charge in [-0.2, -0.15) is 4.31 Å². The van der Waals surface area contributed by atoms with Crippen molar-refractivity contribution in [1.82, 2.24) is 4.31 Å². The second-order valence-electron chi connectivity index (χ2n) is 5.02. The van der Waals surface area contributed by atoms with Gasteiger partial charge in [0, 0.05) is 12.6 Å².